The lowest BCUT2D eigenvalue weighted by molar-refractivity contribution is 0.0685. The van der Waals surface area contributed by atoms with Crippen molar-refractivity contribution in [1.82, 2.24) is 8.87 Å². The van der Waals surface area contributed by atoms with Crippen molar-refractivity contribution < 1.29 is 23.1 Å². The van der Waals surface area contributed by atoms with E-state index in [4.69, 9.17) is 9.84 Å². The number of hydrogen-bond acceptors (Lipinski definition) is 4. The molecule has 1 heterocycles. The van der Waals surface area contributed by atoms with E-state index in [1.807, 2.05) is 0 Å². The summed E-state index contributed by atoms with van der Waals surface area (Å²) >= 11 is 0. The number of methoxy groups -OCH3 is 1. The van der Waals surface area contributed by atoms with Gasteiger partial charge >= 0.3 is 5.97 Å². The molecule has 21 heavy (non-hydrogen) atoms. The quantitative estimate of drug-likeness (QED) is 0.773. The zero-order valence-corrected chi connectivity index (χ0v) is 13.0. The fraction of sp³-hybridized carbons (Fsp3) is 0.615. The summed E-state index contributed by atoms with van der Waals surface area (Å²) in [5.74, 6) is -1.13. The molecular weight excluding hydrogens is 296 g/mol. The van der Waals surface area contributed by atoms with E-state index in [1.165, 1.54) is 28.2 Å². The van der Waals surface area contributed by atoms with Gasteiger partial charge in [0.15, 0.2) is 0 Å². The van der Waals surface area contributed by atoms with Gasteiger partial charge in [0.1, 0.15) is 10.6 Å². The van der Waals surface area contributed by atoms with Gasteiger partial charge in [-0.25, -0.2) is 13.2 Å². The molecule has 1 aromatic heterocycles. The third-order valence-electron chi connectivity index (χ3n) is 3.51. The van der Waals surface area contributed by atoms with Gasteiger partial charge in [-0.2, -0.15) is 4.31 Å². The molecular formula is C13H20N2O5S. The molecule has 0 bridgehead atoms. The number of carbonyl (C=O) groups is 1. The molecule has 7 nitrogen and oxygen atoms in total. The zero-order valence-electron chi connectivity index (χ0n) is 12.2. The summed E-state index contributed by atoms with van der Waals surface area (Å²) in [6, 6.07) is 1.23. The first-order valence-electron chi connectivity index (χ1n) is 6.86. The Morgan fingerprint density at radius 1 is 1.52 bits per heavy atom. The highest BCUT2D eigenvalue weighted by molar-refractivity contribution is 7.89. The average Bonchev–Trinajstić information content (AvgIpc) is 3.15. The average molecular weight is 316 g/mol. The number of aromatic carboxylic acids is 1. The molecule has 0 radical (unpaired) electrons. The van der Waals surface area contributed by atoms with Crippen molar-refractivity contribution in [1.29, 1.82) is 0 Å². The van der Waals surface area contributed by atoms with Crippen LogP contribution in [0, 0.1) is 0 Å². The first kappa shape index (κ1) is 16.0. The summed E-state index contributed by atoms with van der Waals surface area (Å²) in [6.45, 7) is 2.77. The SMILES string of the molecule is CCn1cc(S(=O)(=O)N(CCOC)C2CC2)cc1C(=O)O. The molecule has 8 heteroatoms. The Morgan fingerprint density at radius 2 is 2.19 bits per heavy atom. The van der Waals surface area contributed by atoms with E-state index < -0.39 is 16.0 Å². The smallest absolute Gasteiger partial charge is 0.352 e. The molecule has 118 valence electrons. The van der Waals surface area contributed by atoms with Crippen LogP contribution in [0.5, 0.6) is 0 Å². The molecule has 0 amide bonds. The molecule has 0 saturated heterocycles. The lowest BCUT2D eigenvalue weighted by Gasteiger charge is -2.20. The van der Waals surface area contributed by atoms with Crippen molar-refractivity contribution in [3.63, 3.8) is 0 Å². The van der Waals surface area contributed by atoms with E-state index in [-0.39, 0.29) is 23.2 Å². The number of aryl methyl sites for hydroxylation is 1. The zero-order chi connectivity index (χ0) is 15.6. The van der Waals surface area contributed by atoms with Crippen molar-refractivity contribution in [2.24, 2.45) is 0 Å². The maximum atomic E-state index is 12.7. The second kappa shape index (κ2) is 6.17. The van der Waals surface area contributed by atoms with Gasteiger partial charge in [-0.15, -0.1) is 0 Å². The van der Waals surface area contributed by atoms with Crippen molar-refractivity contribution in [2.45, 2.75) is 37.2 Å². The Balaban J connectivity index is 2.35. The first-order chi connectivity index (χ1) is 9.91. The first-order valence-corrected chi connectivity index (χ1v) is 8.30. The Bertz CT molecular complexity index is 619. The number of carboxylic acids is 1. The van der Waals surface area contributed by atoms with Crippen molar-refractivity contribution in [3.05, 3.63) is 18.0 Å². The summed E-state index contributed by atoms with van der Waals surface area (Å²) < 4.78 is 33.2. The molecule has 1 aliphatic rings. The normalized spacial score (nSPS) is 15.6. The predicted octanol–water partition coefficient (Wildman–Crippen LogP) is 1.01. The number of nitrogens with zero attached hydrogens (tertiary/aromatic N) is 2. The number of ether oxygens (including phenoxy) is 1. The van der Waals surface area contributed by atoms with Crippen LogP contribution >= 0.6 is 0 Å². The Labute approximate surface area is 124 Å². The summed E-state index contributed by atoms with van der Waals surface area (Å²) in [4.78, 5) is 11.2. The van der Waals surface area contributed by atoms with Crippen LogP contribution in [0.3, 0.4) is 0 Å². The number of carboxylic acid groups (broad SMARTS) is 1. The summed E-state index contributed by atoms with van der Waals surface area (Å²) in [5.41, 5.74) is -0.0152. The molecule has 1 saturated carbocycles. The maximum Gasteiger partial charge on any atom is 0.352 e. The molecule has 0 atom stereocenters. The lowest BCUT2D eigenvalue weighted by atomic mass is 10.4. The van der Waals surface area contributed by atoms with E-state index in [1.54, 1.807) is 6.92 Å². The van der Waals surface area contributed by atoms with Gasteiger partial charge in [-0.05, 0) is 25.8 Å². The number of rotatable bonds is 8. The van der Waals surface area contributed by atoms with Gasteiger partial charge in [-0.3, -0.25) is 0 Å². The van der Waals surface area contributed by atoms with Crippen LogP contribution < -0.4 is 0 Å². The number of hydrogen-bond donors (Lipinski definition) is 1. The fourth-order valence-corrected chi connectivity index (χ4v) is 3.95. The van der Waals surface area contributed by atoms with E-state index in [0.29, 0.717) is 13.2 Å². The highest BCUT2D eigenvalue weighted by Gasteiger charge is 2.38. The van der Waals surface area contributed by atoms with Gasteiger partial charge in [0.2, 0.25) is 10.0 Å². The van der Waals surface area contributed by atoms with Crippen LogP contribution in [-0.4, -0.2) is 54.7 Å². The molecule has 0 aromatic carbocycles. The molecule has 2 rings (SSSR count). The summed E-state index contributed by atoms with van der Waals surface area (Å²) in [5, 5.41) is 9.13. The van der Waals surface area contributed by atoms with Gasteiger partial charge in [0.05, 0.1) is 6.61 Å². The van der Waals surface area contributed by atoms with Crippen LogP contribution in [-0.2, 0) is 21.3 Å². The molecule has 0 unspecified atom stereocenters. The molecule has 1 N–H and O–H groups in total. The van der Waals surface area contributed by atoms with Crippen molar-refractivity contribution in [2.75, 3.05) is 20.3 Å². The minimum atomic E-state index is -3.69. The van der Waals surface area contributed by atoms with Crippen LogP contribution in [0.2, 0.25) is 0 Å². The number of sulfonamides is 1. The largest absolute Gasteiger partial charge is 0.477 e. The fourth-order valence-electron chi connectivity index (χ4n) is 2.24. The van der Waals surface area contributed by atoms with Crippen molar-refractivity contribution in [3.8, 4) is 0 Å². The second-order valence-corrected chi connectivity index (χ2v) is 6.88. The molecule has 1 fully saturated rings. The molecule has 0 aliphatic heterocycles. The monoisotopic (exact) mass is 316 g/mol. The van der Waals surface area contributed by atoms with Gasteiger partial charge in [0.25, 0.3) is 0 Å². The van der Waals surface area contributed by atoms with Crippen LogP contribution in [0.4, 0.5) is 0 Å². The summed E-state index contributed by atoms with van der Waals surface area (Å²) in [6.07, 6.45) is 3.06. The van der Waals surface area contributed by atoms with E-state index in [0.717, 1.165) is 12.8 Å². The summed E-state index contributed by atoms with van der Waals surface area (Å²) in [7, 11) is -2.16. The minimum absolute atomic E-state index is 0.00315. The highest BCUT2D eigenvalue weighted by atomic mass is 32.2. The third-order valence-corrected chi connectivity index (χ3v) is 5.42. The lowest BCUT2D eigenvalue weighted by Crippen LogP contribution is -2.35. The van der Waals surface area contributed by atoms with Crippen LogP contribution in [0.1, 0.15) is 30.3 Å². The van der Waals surface area contributed by atoms with E-state index in [9.17, 15) is 13.2 Å². The molecule has 1 aliphatic carbocycles. The second-order valence-electron chi connectivity index (χ2n) is 4.99. The highest BCUT2D eigenvalue weighted by Crippen LogP contribution is 2.32. The standard InChI is InChI=1S/C13H20N2O5S/c1-3-14-9-11(8-12(14)13(16)17)21(18,19)15(6-7-20-2)10-4-5-10/h8-10H,3-7H2,1-2H3,(H,16,17). The Kier molecular flexibility index (Phi) is 4.70. The third kappa shape index (κ3) is 3.28. The Hall–Kier alpha value is -1.38. The van der Waals surface area contributed by atoms with E-state index >= 15 is 0 Å². The van der Waals surface area contributed by atoms with Crippen molar-refractivity contribution >= 4 is 16.0 Å². The Morgan fingerprint density at radius 3 is 2.62 bits per heavy atom. The van der Waals surface area contributed by atoms with Gasteiger partial charge in [-0.1, -0.05) is 0 Å². The predicted molar refractivity (Wildman–Crippen MR) is 75.9 cm³/mol. The maximum absolute atomic E-state index is 12.7. The van der Waals surface area contributed by atoms with Crippen LogP contribution in [0.15, 0.2) is 17.2 Å². The van der Waals surface area contributed by atoms with E-state index in [2.05, 4.69) is 0 Å². The van der Waals surface area contributed by atoms with Crippen LogP contribution in [0.25, 0.3) is 0 Å². The molecule has 0 spiro atoms. The molecule has 1 aromatic rings. The van der Waals surface area contributed by atoms with Gasteiger partial charge < -0.3 is 14.4 Å². The topological polar surface area (TPSA) is 88.8 Å². The minimum Gasteiger partial charge on any atom is -0.477 e. The van der Waals surface area contributed by atoms with Gasteiger partial charge in [0, 0.05) is 32.4 Å². The number of aromatic nitrogens is 1.